The van der Waals surface area contributed by atoms with Crippen LogP contribution >= 0.6 is 0 Å². The van der Waals surface area contributed by atoms with Gasteiger partial charge in [-0.25, -0.2) is 22.9 Å². The summed E-state index contributed by atoms with van der Waals surface area (Å²) in [5.74, 6) is 1.43. The van der Waals surface area contributed by atoms with Crippen LogP contribution in [0.5, 0.6) is 6.01 Å². The molecule has 3 aromatic carbocycles. The van der Waals surface area contributed by atoms with Crippen molar-refractivity contribution in [2.45, 2.75) is 113 Å². The van der Waals surface area contributed by atoms with E-state index in [-0.39, 0.29) is 52.3 Å². The van der Waals surface area contributed by atoms with Gasteiger partial charge < -0.3 is 28.9 Å². The predicted molar refractivity (Wildman–Crippen MR) is 294 cm³/mol. The van der Waals surface area contributed by atoms with Crippen LogP contribution in [0, 0.1) is 29.9 Å². The van der Waals surface area contributed by atoms with Crippen molar-refractivity contribution >= 4 is 62.0 Å². The molecule has 414 valence electrons. The molecule has 3 amide bonds. The molecule has 0 saturated carbocycles. The molecule has 6 aromatic rings. The van der Waals surface area contributed by atoms with E-state index < -0.39 is 23.2 Å². The van der Waals surface area contributed by atoms with E-state index in [1.807, 2.05) is 25.2 Å². The lowest BCUT2D eigenvalue weighted by molar-refractivity contribution is -0.134. The van der Waals surface area contributed by atoms with Crippen LogP contribution in [0.4, 0.5) is 29.5 Å². The second kappa shape index (κ2) is 21.5. The number of terminal acetylenes is 1. The highest BCUT2D eigenvalue weighted by Gasteiger charge is 2.45. The van der Waals surface area contributed by atoms with Gasteiger partial charge in [-0.3, -0.25) is 24.5 Å². The maximum atomic E-state index is 16.9. The minimum atomic E-state index is -1.21. The fourth-order valence-electron chi connectivity index (χ4n) is 13.9. The molecule has 10 heterocycles. The number of aryl methyl sites for hydroxylation is 2. The van der Waals surface area contributed by atoms with Gasteiger partial charge >= 0.3 is 12.1 Å². The third-order valence-electron chi connectivity index (χ3n) is 18.1. The molecule has 0 bridgehead atoms. The van der Waals surface area contributed by atoms with Gasteiger partial charge in [0.15, 0.2) is 5.82 Å². The van der Waals surface area contributed by atoms with E-state index in [0.29, 0.717) is 116 Å². The summed E-state index contributed by atoms with van der Waals surface area (Å²) in [6, 6.07) is 14.9. The Morgan fingerprint density at radius 2 is 1.70 bits per heavy atom. The Hall–Kier alpha value is -7.04. The minimum absolute atomic E-state index is 0.00280. The van der Waals surface area contributed by atoms with Gasteiger partial charge in [-0.05, 0) is 132 Å². The van der Waals surface area contributed by atoms with Crippen LogP contribution in [0.25, 0.3) is 43.8 Å². The largest absolute Gasteiger partial charge is 0.461 e. The topological polar surface area (TPSA) is 160 Å². The summed E-state index contributed by atoms with van der Waals surface area (Å²) in [5.41, 5.74) is 3.09. The second-order valence-corrected chi connectivity index (χ2v) is 22.7. The zero-order valence-electron chi connectivity index (χ0n) is 45.0. The number of fused-ring (bicyclic) bond motifs is 5. The number of anilines is 2. The second-order valence-electron chi connectivity index (χ2n) is 22.7. The zero-order chi connectivity index (χ0) is 54.6. The first-order chi connectivity index (χ1) is 38.3. The van der Waals surface area contributed by atoms with Gasteiger partial charge in [0, 0.05) is 74.8 Å². The molecule has 7 aliphatic rings. The Morgan fingerprint density at radius 1 is 0.899 bits per heavy atom. The van der Waals surface area contributed by atoms with Crippen molar-refractivity contribution in [2.24, 2.45) is 13.0 Å². The van der Waals surface area contributed by atoms with E-state index >= 15 is 8.78 Å². The Kier molecular flexibility index (Phi) is 14.4. The highest BCUT2D eigenvalue weighted by atomic mass is 19.1. The van der Waals surface area contributed by atoms with E-state index in [1.54, 1.807) is 21.7 Å². The molecule has 13 rings (SSSR count). The minimum Gasteiger partial charge on any atom is -0.461 e. The standard InChI is InChI=1S/C34H33F2N5O2.C26H34FN5O4/c1-2-23-25(35)11-9-21-7-3-8-24(27(21)23)30-29(36)31-28-26(37-30)12-10-22-19-42-18-6-17-41(22)32(28)39-33(38-31)43-20-34-13-4-15-40(34)16-5-14-34;1-30-21-15-18(3-4-19(21)23(29-30)20-5-6-22(33)28-24(20)34)31-11-7-17(8-12-31)16-26(27)9-13-32(14-10-26)25(35)36-2/h1,3,7-9,11,22H,4-6,10,12-20H2;3-4,15,17,20H,5-14,16H2,1-2H3,(H,28,33,34). The number of likely N-dealkylation sites (tertiary alicyclic amines) is 1. The highest BCUT2D eigenvalue weighted by molar-refractivity contribution is 6.04. The van der Waals surface area contributed by atoms with E-state index in [2.05, 4.69) is 43.2 Å². The number of amides is 3. The average Bonchev–Trinajstić information content (AvgIpc) is 4.22. The summed E-state index contributed by atoms with van der Waals surface area (Å²) in [7, 11) is 3.23. The number of aromatic nitrogens is 5. The van der Waals surface area contributed by atoms with Crippen molar-refractivity contribution in [2.75, 3.05) is 82.5 Å². The number of nitrogens with zero attached hydrogens (tertiary/aromatic N) is 9. The molecule has 1 N–H and O–H groups in total. The van der Waals surface area contributed by atoms with Crippen molar-refractivity contribution in [3.8, 4) is 29.6 Å². The molecular formula is C60H67F3N10O6. The molecule has 2 unspecified atom stereocenters. The molecule has 2 atom stereocenters. The number of carbonyl (C=O) groups excluding carboxylic acids is 3. The fraction of sp³-hybridized carbons (Fsp3) is 0.517. The molecular weight excluding hydrogens is 1010 g/mol. The first kappa shape index (κ1) is 52.6. The fourth-order valence-corrected chi connectivity index (χ4v) is 13.9. The smallest absolute Gasteiger partial charge is 0.409 e. The summed E-state index contributed by atoms with van der Waals surface area (Å²) in [4.78, 5) is 58.9. The Balaban J connectivity index is 0.000000161. The number of methoxy groups -OCH3 is 1. The highest BCUT2D eigenvalue weighted by Crippen LogP contribution is 2.44. The number of alkyl halides is 1. The van der Waals surface area contributed by atoms with Gasteiger partial charge in [0.25, 0.3) is 0 Å². The van der Waals surface area contributed by atoms with Crippen molar-refractivity contribution in [3.63, 3.8) is 0 Å². The maximum Gasteiger partial charge on any atom is 0.409 e. The number of ether oxygens (including phenoxy) is 3. The molecule has 16 nitrogen and oxygen atoms in total. The molecule has 6 fully saturated rings. The summed E-state index contributed by atoms with van der Waals surface area (Å²) in [6.45, 7) is 7.17. The normalized spacial score (nSPS) is 22.2. The van der Waals surface area contributed by atoms with Gasteiger partial charge in [-0.1, -0.05) is 30.2 Å². The Labute approximate surface area is 457 Å². The van der Waals surface area contributed by atoms with Crippen molar-refractivity contribution < 1.29 is 41.8 Å². The predicted octanol–water partition coefficient (Wildman–Crippen LogP) is 8.92. The van der Waals surface area contributed by atoms with E-state index in [0.717, 1.165) is 101 Å². The van der Waals surface area contributed by atoms with Crippen LogP contribution in [-0.2, 0) is 32.5 Å². The van der Waals surface area contributed by atoms with Gasteiger partial charge in [0.1, 0.15) is 35.1 Å². The number of halogens is 3. The molecule has 3 aromatic heterocycles. The number of rotatable bonds is 8. The van der Waals surface area contributed by atoms with Crippen LogP contribution in [0.2, 0.25) is 0 Å². The van der Waals surface area contributed by atoms with Crippen LogP contribution in [0.15, 0.2) is 48.5 Å². The number of hydrogen-bond acceptors (Lipinski definition) is 13. The van der Waals surface area contributed by atoms with Gasteiger partial charge in [-0.15, -0.1) is 6.42 Å². The van der Waals surface area contributed by atoms with Gasteiger partial charge in [-0.2, -0.15) is 15.1 Å². The molecule has 0 aliphatic carbocycles. The van der Waals surface area contributed by atoms with Gasteiger partial charge in [0.05, 0.1) is 59.1 Å². The van der Waals surface area contributed by atoms with Crippen LogP contribution in [0.1, 0.15) is 106 Å². The van der Waals surface area contributed by atoms with E-state index in [4.69, 9.17) is 35.6 Å². The lowest BCUT2D eigenvalue weighted by Gasteiger charge is -2.40. The molecule has 19 heteroatoms. The molecule has 0 spiro atoms. The average molecular weight is 1080 g/mol. The Bertz CT molecular complexity index is 3390. The van der Waals surface area contributed by atoms with Crippen molar-refractivity contribution in [3.05, 3.63) is 77.1 Å². The summed E-state index contributed by atoms with van der Waals surface area (Å²) >= 11 is 0. The first-order valence-electron chi connectivity index (χ1n) is 28.2. The van der Waals surface area contributed by atoms with Crippen molar-refractivity contribution in [1.82, 2.24) is 39.8 Å². The van der Waals surface area contributed by atoms with Crippen LogP contribution in [-0.4, -0.2) is 142 Å². The molecule has 0 radical (unpaired) electrons. The maximum absolute atomic E-state index is 16.9. The monoisotopic (exact) mass is 1080 g/mol. The number of carbonyl (C=O) groups is 3. The van der Waals surface area contributed by atoms with E-state index in [9.17, 15) is 18.8 Å². The number of pyridine rings is 1. The number of benzene rings is 3. The summed E-state index contributed by atoms with van der Waals surface area (Å²) in [6.07, 6.45) is 16.0. The lowest BCUT2D eigenvalue weighted by atomic mass is 9.80. The third kappa shape index (κ3) is 9.97. The zero-order valence-corrected chi connectivity index (χ0v) is 45.0. The van der Waals surface area contributed by atoms with Crippen LogP contribution in [0.3, 0.4) is 0 Å². The quantitative estimate of drug-likeness (QED) is 0.114. The lowest BCUT2D eigenvalue weighted by Crippen LogP contribution is -2.46. The number of hydrogen-bond donors (Lipinski definition) is 1. The third-order valence-corrected chi connectivity index (χ3v) is 18.1. The summed E-state index contributed by atoms with van der Waals surface area (Å²) in [5, 5.41) is 9.79. The van der Waals surface area contributed by atoms with Crippen LogP contribution < -0.4 is 19.9 Å². The number of imide groups is 1. The SMILES string of the molecule is C#Cc1c(F)ccc2cccc(-c3nc4c5c(nc(OCC67CCCN6CCC7)nc5c3F)N3CCCOCC3CC4)c12.COC(=O)N1CCC(F)(CC2CCN(c3ccc4c(C5CCC(=O)NC5=O)nn(C)c4c3)CC2)CC1. The molecule has 7 aliphatic heterocycles. The number of piperidine rings is 3. The molecule has 79 heavy (non-hydrogen) atoms. The Morgan fingerprint density at radius 3 is 2.46 bits per heavy atom. The number of nitrogens with one attached hydrogen (secondary N) is 1. The van der Waals surface area contributed by atoms with Crippen molar-refractivity contribution in [1.29, 1.82) is 0 Å². The van der Waals surface area contributed by atoms with E-state index in [1.165, 1.54) is 13.2 Å². The first-order valence-corrected chi connectivity index (χ1v) is 28.2. The molecule has 6 saturated heterocycles. The summed E-state index contributed by atoms with van der Waals surface area (Å²) < 4.78 is 66.2. The van der Waals surface area contributed by atoms with Gasteiger partial charge in [0.2, 0.25) is 11.8 Å².